The highest BCUT2D eigenvalue weighted by atomic mass is 19.1. The molecular weight excluding hydrogens is 349 g/mol. The van der Waals surface area contributed by atoms with E-state index in [0.29, 0.717) is 29.9 Å². The maximum Gasteiger partial charge on any atom is 0.341 e. The Morgan fingerprint density at radius 3 is 2.70 bits per heavy atom. The molecule has 1 aromatic heterocycles. The summed E-state index contributed by atoms with van der Waals surface area (Å²) in [4.78, 5) is 28.4. The third-order valence-corrected chi connectivity index (χ3v) is 5.76. The van der Waals surface area contributed by atoms with E-state index in [9.17, 15) is 14.7 Å². The fraction of sp³-hybridized carbons (Fsp3) is 0.400. The van der Waals surface area contributed by atoms with Gasteiger partial charge in [-0.2, -0.15) is 0 Å². The lowest BCUT2D eigenvalue weighted by atomic mass is 9.98. The molecular formula is C20H22FN3O3. The molecule has 1 N–H and O–H groups in total. The Morgan fingerprint density at radius 1 is 1.30 bits per heavy atom. The summed E-state index contributed by atoms with van der Waals surface area (Å²) in [6.07, 6.45) is 5.13. The number of piperazine rings is 1. The highest BCUT2D eigenvalue weighted by Gasteiger charge is 2.29. The van der Waals surface area contributed by atoms with Crippen molar-refractivity contribution in [2.24, 2.45) is 0 Å². The first-order valence-corrected chi connectivity index (χ1v) is 9.07. The summed E-state index contributed by atoms with van der Waals surface area (Å²) in [6, 6.07) is 1.36. The first kappa shape index (κ1) is 17.7. The average Bonchev–Trinajstić information content (AvgIpc) is 2.61. The van der Waals surface area contributed by atoms with Crippen LogP contribution in [0.5, 0.6) is 0 Å². The predicted octanol–water partition coefficient (Wildman–Crippen LogP) is 2.57. The fourth-order valence-corrected chi connectivity index (χ4v) is 4.04. The standard InChI is InChI=1S/C20H22FN3O3/c1-11-4-5-13-17-14(19(25)15(20(26)27)10-24(11)17)8-16(21)18(13)23-7-6-22(3)12(2)9-23/h4-5,8,10-12H,6-7,9H2,1-3H3,(H,26,27). The van der Waals surface area contributed by atoms with Gasteiger partial charge in [0.1, 0.15) is 11.4 Å². The maximum absolute atomic E-state index is 15.2. The van der Waals surface area contributed by atoms with E-state index in [1.807, 2.05) is 24.0 Å². The van der Waals surface area contributed by atoms with Crippen LogP contribution in [0, 0.1) is 5.82 Å². The summed E-state index contributed by atoms with van der Waals surface area (Å²) in [7, 11) is 2.05. The Hall–Kier alpha value is -2.67. The minimum Gasteiger partial charge on any atom is -0.477 e. The van der Waals surface area contributed by atoms with Crippen molar-refractivity contribution < 1.29 is 14.3 Å². The quantitative estimate of drug-likeness (QED) is 0.879. The smallest absolute Gasteiger partial charge is 0.341 e. The van der Waals surface area contributed by atoms with Crippen molar-refractivity contribution in [3.8, 4) is 0 Å². The number of aromatic nitrogens is 1. The second-order valence-corrected chi connectivity index (χ2v) is 7.48. The van der Waals surface area contributed by atoms with Crippen LogP contribution in [0.3, 0.4) is 0 Å². The third-order valence-electron chi connectivity index (χ3n) is 5.76. The van der Waals surface area contributed by atoms with Crippen LogP contribution < -0.4 is 10.3 Å². The highest BCUT2D eigenvalue weighted by molar-refractivity contribution is 5.99. The van der Waals surface area contributed by atoms with Gasteiger partial charge in [0.2, 0.25) is 5.43 Å². The van der Waals surface area contributed by atoms with Crippen molar-refractivity contribution in [2.75, 3.05) is 31.6 Å². The van der Waals surface area contributed by atoms with Gasteiger partial charge in [-0.05, 0) is 27.0 Å². The number of carbonyl (C=O) groups is 1. The first-order valence-electron chi connectivity index (χ1n) is 9.07. The second kappa shape index (κ2) is 6.20. The molecule has 0 saturated carbocycles. The minimum absolute atomic E-state index is 0.115. The largest absolute Gasteiger partial charge is 0.477 e. The van der Waals surface area contributed by atoms with Gasteiger partial charge in [0.15, 0.2) is 0 Å². The van der Waals surface area contributed by atoms with Gasteiger partial charge in [0.25, 0.3) is 0 Å². The number of halogens is 1. The zero-order chi connectivity index (χ0) is 19.5. The fourth-order valence-electron chi connectivity index (χ4n) is 4.04. The van der Waals surface area contributed by atoms with Crippen LogP contribution in [0.15, 0.2) is 23.1 Å². The van der Waals surface area contributed by atoms with Crippen molar-refractivity contribution in [3.05, 3.63) is 45.5 Å². The minimum atomic E-state index is -1.30. The summed E-state index contributed by atoms with van der Waals surface area (Å²) >= 11 is 0. The number of anilines is 1. The number of nitrogens with zero attached hydrogens (tertiary/aromatic N) is 3. The molecule has 0 aliphatic carbocycles. The summed E-state index contributed by atoms with van der Waals surface area (Å²) < 4.78 is 16.9. The van der Waals surface area contributed by atoms with E-state index in [-0.39, 0.29) is 23.0 Å². The molecule has 0 bridgehead atoms. The van der Waals surface area contributed by atoms with E-state index in [1.165, 1.54) is 12.3 Å². The number of carboxylic acid groups (broad SMARTS) is 1. The summed E-state index contributed by atoms with van der Waals surface area (Å²) in [5.41, 5.74) is 0.754. The Balaban J connectivity index is 2.01. The molecule has 1 saturated heterocycles. The second-order valence-electron chi connectivity index (χ2n) is 7.48. The zero-order valence-electron chi connectivity index (χ0n) is 15.6. The van der Waals surface area contributed by atoms with Crippen LogP contribution in [0.25, 0.3) is 17.0 Å². The number of hydrogen-bond acceptors (Lipinski definition) is 4. The van der Waals surface area contributed by atoms with Gasteiger partial charge in [-0.15, -0.1) is 0 Å². The van der Waals surface area contributed by atoms with E-state index in [1.54, 1.807) is 4.57 Å². The van der Waals surface area contributed by atoms with E-state index >= 15 is 4.39 Å². The molecule has 1 fully saturated rings. The molecule has 2 aromatic rings. The van der Waals surface area contributed by atoms with Gasteiger partial charge in [-0.1, -0.05) is 12.2 Å². The van der Waals surface area contributed by atoms with E-state index in [0.717, 1.165) is 6.54 Å². The molecule has 7 heteroatoms. The first-order chi connectivity index (χ1) is 12.8. The molecule has 0 amide bonds. The number of allylic oxidation sites excluding steroid dienone is 1. The van der Waals surface area contributed by atoms with Gasteiger partial charge >= 0.3 is 5.97 Å². The van der Waals surface area contributed by atoms with Crippen LogP contribution in [-0.2, 0) is 0 Å². The lowest BCUT2D eigenvalue weighted by molar-refractivity contribution is 0.0694. The molecule has 2 aliphatic heterocycles. The molecule has 2 unspecified atom stereocenters. The SMILES string of the molecule is CC1CN(c2c(F)cc3c(=O)c(C(=O)O)cn4c3c2C=CC4C)CCN1C. The predicted molar refractivity (Wildman–Crippen MR) is 103 cm³/mol. The van der Waals surface area contributed by atoms with Crippen molar-refractivity contribution >= 4 is 28.6 Å². The number of carboxylic acids is 1. The van der Waals surface area contributed by atoms with Gasteiger partial charge in [-0.3, -0.25) is 4.79 Å². The Labute approximate surface area is 156 Å². The topological polar surface area (TPSA) is 65.8 Å². The lowest BCUT2D eigenvalue weighted by Crippen LogP contribution is -2.50. The van der Waals surface area contributed by atoms with Crippen LogP contribution in [-0.4, -0.2) is 53.3 Å². The van der Waals surface area contributed by atoms with Gasteiger partial charge in [-0.25, -0.2) is 9.18 Å². The number of rotatable bonds is 2. The van der Waals surface area contributed by atoms with E-state index in [2.05, 4.69) is 18.9 Å². The monoisotopic (exact) mass is 371 g/mol. The number of pyridine rings is 1. The normalized spacial score (nSPS) is 22.4. The zero-order valence-corrected chi connectivity index (χ0v) is 15.6. The van der Waals surface area contributed by atoms with Crippen LogP contribution >= 0.6 is 0 Å². The molecule has 27 heavy (non-hydrogen) atoms. The Morgan fingerprint density at radius 2 is 2.04 bits per heavy atom. The van der Waals surface area contributed by atoms with Gasteiger partial charge in [0.05, 0.1) is 16.6 Å². The summed E-state index contributed by atoms with van der Waals surface area (Å²) in [5.74, 6) is -1.79. The number of likely N-dealkylation sites (N-methyl/N-ethyl adjacent to an activating group) is 1. The lowest BCUT2D eigenvalue weighted by Gasteiger charge is -2.40. The van der Waals surface area contributed by atoms with E-state index in [4.69, 9.17) is 0 Å². The maximum atomic E-state index is 15.2. The molecule has 2 atom stereocenters. The van der Waals surface area contributed by atoms with Crippen LogP contribution in [0.1, 0.15) is 35.8 Å². The van der Waals surface area contributed by atoms with Crippen molar-refractivity contribution in [1.29, 1.82) is 0 Å². The molecule has 2 aliphatic rings. The Kier molecular flexibility index (Phi) is 4.07. The summed E-state index contributed by atoms with van der Waals surface area (Å²) in [5, 5.41) is 9.48. The molecule has 1 aromatic carbocycles. The molecule has 0 spiro atoms. The summed E-state index contributed by atoms with van der Waals surface area (Å²) in [6.45, 7) is 6.21. The molecule has 4 rings (SSSR count). The van der Waals surface area contributed by atoms with Crippen LogP contribution in [0.4, 0.5) is 10.1 Å². The van der Waals surface area contributed by atoms with Crippen LogP contribution in [0.2, 0.25) is 0 Å². The molecule has 3 heterocycles. The van der Waals surface area contributed by atoms with Crippen molar-refractivity contribution in [2.45, 2.75) is 25.9 Å². The molecule has 0 radical (unpaired) electrons. The van der Waals surface area contributed by atoms with Crippen molar-refractivity contribution in [1.82, 2.24) is 9.47 Å². The van der Waals surface area contributed by atoms with Gasteiger partial charge in [0, 0.05) is 43.5 Å². The number of benzene rings is 1. The Bertz CT molecular complexity index is 1040. The number of aromatic carboxylic acids is 1. The third kappa shape index (κ3) is 2.65. The van der Waals surface area contributed by atoms with Gasteiger partial charge < -0.3 is 19.5 Å². The highest BCUT2D eigenvalue weighted by Crippen LogP contribution is 2.37. The van der Waals surface area contributed by atoms with E-state index < -0.39 is 17.2 Å². The van der Waals surface area contributed by atoms with Crippen molar-refractivity contribution in [3.63, 3.8) is 0 Å². The average molecular weight is 371 g/mol. The molecule has 142 valence electrons. The number of hydrogen-bond donors (Lipinski definition) is 1. The molecule has 6 nitrogen and oxygen atoms in total.